The van der Waals surface area contributed by atoms with Crippen molar-refractivity contribution < 1.29 is 14.7 Å². The summed E-state index contributed by atoms with van der Waals surface area (Å²) >= 11 is 0. The van der Waals surface area contributed by atoms with Crippen LogP contribution in [0.15, 0.2) is 6.07 Å². The molecule has 0 aliphatic carbocycles. The van der Waals surface area contributed by atoms with Crippen molar-refractivity contribution in [2.24, 2.45) is 0 Å². The van der Waals surface area contributed by atoms with Gasteiger partial charge in [0, 0.05) is 18.7 Å². The number of aliphatic carboxylic acids is 1. The normalized spacial score (nSPS) is 10.4. The third-order valence-corrected chi connectivity index (χ3v) is 3.10. The van der Waals surface area contributed by atoms with Crippen molar-refractivity contribution in [3.05, 3.63) is 17.5 Å². The summed E-state index contributed by atoms with van der Waals surface area (Å²) in [6.07, 6.45) is 5.65. The molecule has 6 heteroatoms. The summed E-state index contributed by atoms with van der Waals surface area (Å²) < 4.78 is 0. The van der Waals surface area contributed by atoms with Crippen LogP contribution in [0.1, 0.15) is 61.6 Å². The van der Waals surface area contributed by atoms with Crippen molar-refractivity contribution >= 4 is 11.9 Å². The van der Waals surface area contributed by atoms with Crippen molar-refractivity contribution in [1.29, 1.82) is 0 Å². The number of carbonyl (C=O) groups is 2. The highest BCUT2D eigenvalue weighted by atomic mass is 16.4. The molecular weight excluding hydrogens is 258 g/mol. The number of rotatable bonds is 10. The highest BCUT2D eigenvalue weighted by molar-refractivity contribution is 5.92. The van der Waals surface area contributed by atoms with Crippen LogP contribution in [-0.4, -0.2) is 33.7 Å². The second kappa shape index (κ2) is 9.12. The monoisotopic (exact) mass is 281 g/mol. The molecular formula is C14H23N3O3. The predicted molar refractivity (Wildman–Crippen MR) is 75.6 cm³/mol. The van der Waals surface area contributed by atoms with Crippen molar-refractivity contribution in [1.82, 2.24) is 15.5 Å². The first-order valence-corrected chi connectivity index (χ1v) is 7.17. The Morgan fingerprint density at radius 2 is 1.95 bits per heavy atom. The Balaban J connectivity index is 2.03. The maximum absolute atomic E-state index is 11.7. The van der Waals surface area contributed by atoms with Crippen LogP contribution < -0.4 is 5.32 Å². The minimum atomic E-state index is -0.734. The highest BCUT2D eigenvalue weighted by Gasteiger charge is 2.08. The number of hydrogen-bond acceptors (Lipinski definition) is 3. The SMILES string of the molecule is CCc1cc(C(=O)NCCCCCCCC(=O)O)n[nH]1. The molecule has 0 bridgehead atoms. The fourth-order valence-electron chi connectivity index (χ4n) is 1.88. The summed E-state index contributed by atoms with van der Waals surface area (Å²) in [7, 11) is 0. The summed E-state index contributed by atoms with van der Waals surface area (Å²) in [5, 5.41) is 18.1. The van der Waals surface area contributed by atoms with Gasteiger partial charge in [0.2, 0.25) is 0 Å². The van der Waals surface area contributed by atoms with Gasteiger partial charge < -0.3 is 10.4 Å². The average Bonchev–Trinajstić information content (AvgIpc) is 2.90. The van der Waals surface area contributed by atoms with Crippen LogP contribution in [0.2, 0.25) is 0 Å². The number of carbonyl (C=O) groups excluding carboxylic acids is 1. The van der Waals surface area contributed by atoms with Crippen molar-refractivity contribution in [3.8, 4) is 0 Å². The van der Waals surface area contributed by atoms with E-state index in [1.807, 2.05) is 6.92 Å². The van der Waals surface area contributed by atoms with Gasteiger partial charge in [-0.05, 0) is 25.3 Å². The molecule has 0 radical (unpaired) electrons. The number of aromatic amines is 1. The Hall–Kier alpha value is -1.85. The maximum atomic E-state index is 11.7. The molecule has 0 saturated heterocycles. The summed E-state index contributed by atoms with van der Waals surface area (Å²) in [5.74, 6) is -0.880. The van der Waals surface area contributed by atoms with E-state index >= 15 is 0 Å². The molecule has 0 aromatic carbocycles. The summed E-state index contributed by atoms with van der Waals surface area (Å²) in [6.45, 7) is 2.63. The minimum absolute atomic E-state index is 0.146. The van der Waals surface area contributed by atoms with E-state index < -0.39 is 5.97 Å². The topological polar surface area (TPSA) is 95.1 Å². The quantitative estimate of drug-likeness (QED) is 0.572. The molecule has 20 heavy (non-hydrogen) atoms. The number of aromatic nitrogens is 2. The summed E-state index contributed by atoms with van der Waals surface area (Å²) in [5.41, 5.74) is 1.39. The van der Waals surface area contributed by atoms with Crippen LogP contribution in [0, 0.1) is 0 Å². The Bertz CT molecular complexity index is 429. The molecule has 6 nitrogen and oxygen atoms in total. The molecule has 0 saturated carbocycles. The smallest absolute Gasteiger partial charge is 0.303 e. The zero-order valence-electron chi connectivity index (χ0n) is 11.9. The highest BCUT2D eigenvalue weighted by Crippen LogP contribution is 2.05. The number of nitrogens with zero attached hydrogens (tertiary/aromatic N) is 1. The summed E-state index contributed by atoms with van der Waals surface area (Å²) in [4.78, 5) is 22.0. The zero-order valence-corrected chi connectivity index (χ0v) is 11.9. The van der Waals surface area contributed by atoms with Gasteiger partial charge in [-0.25, -0.2) is 0 Å². The Morgan fingerprint density at radius 1 is 1.25 bits per heavy atom. The number of nitrogens with one attached hydrogen (secondary N) is 2. The Kier molecular flexibility index (Phi) is 7.39. The molecule has 0 atom stereocenters. The molecule has 1 amide bonds. The van der Waals surface area contributed by atoms with E-state index in [0.717, 1.165) is 44.2 Å². The molecule has 112 valence electrons. The largest absolute Gasteiger partial charge is 0.481 e. The first-order valence-electron chi connectivity index (χ1n) is 7.17. The van der Waals surface area contributed by atoms with Gasteiger partial charge in [-0.1, -0.05) is 26.2 Å². The van der Waals surface area contributed by atoms with Crippen LogP contribution in [0.25, 0.3) is 0 Å². The molecule has 3 N–H and O–H groups in total. The number of carboxylic acids is 1. The van der Waals surface area contributed by atoms with E-state index in [-0.39, 0.29) is 12.3 Å². The van der Waals surface area contributed by atoms with E-state index in [2.05, 4.69) is 15.5 Å². The average molecular weight is 281 g/mol. The molecule has 0 unspecified atom stereocenters. The van der Waals surface area contributed by atoms with E-state index in [4.69, 9.17) is 5.11 Å². The van der Waals surface area contributed by atoms with Crippen LogP contribution in [0.4, 0.5) is 0 Å². The second-order valence-electron chi connectivity index (χ2n) is 4.80. The molecule has 1 aromatic rings. The van der Waals surface area contributed by atoms with Gasteiger partial charge in [-0.15, -0.1) is 0 Å². The number of carboxylic acid groups (broad SMARTS) is 1. The number of amides is 1. The van der Waals surface area contributed by atoms with Crippen LogP contribution in [0.5, 0.6) is 0 Å². The fraction of sp³-hybridized carbons (Fsp3) is 0.643. The fourth-order valence-corrected chi connectivity index (χ4v) is 1.88. The lowest BCUT2D eigenvalue weighted by Gasteiger charge is -2.03. The van der Waals surface area contributed by atoms with Gasteiger partial charge in [0.15, 0.2) is 0 Å². The molecule has 0 aliphatic heterocycles. The molecule has 1 rings (SSSR count). The molecule has 1 aromatic heterocycles. The van der Waals surface area contributed by atoms with Gasteiger partial charge in [0.1, 0.15) is 5.69 Å². The lowest BCUT2D eigenvalue weighted by molar-refractivity contribution is -0.137. The van der Waals surface area contributed by atoms with Crippen molar-refractivity contribution in [2.75, 3.05) is 6.54 Å². The first-order chi connectivity index (χ1) is 9.63. The van der Waals surface area contributed by atoms with Gasteiger partial charge in [0.05, 0.1) is 0 Å². The minimum Gasteiger partial charge on any atom is -0.481 e. The van der Waals surface area contributed by atoms with Gasteiger partial charge >= 0.3 is 5.97 Å². The van der Waals surface area contributed by atoms with Crippen molar-refractivity contribution in [2.45, 2.75) is 51.9 Å². The van der Waals surface area contributed by atoms with Gasteiger partial charge in [-0.3, -0.25) is 14.7 Å². The summed E-state index contributed by atoms with van der Waals surface area (Å²) in [6, 6.07) is 1.77. The zero-order chi connectivity index (χ0) is 14.8. The predicted octanol–water partition coefficient (Wildman–Crippen LogP) is 2.13. The van der Waals surface area contributed by atoms with E-state index in [1.54, 1.807) is 6.07 Å². The van der Waals surface area contributed by atoms with Crippen LogP contribution in [-0.2, 0) is 11.2 Å². The lowest BCUT2D eigenvalue weighted by Crippen LogP contribution is -2.24. The molecule has 0 spiro atoms. The van der Waals surface area contributed by atoms with Crippen LogP contribution >= 0.6 is 0 Å². The van der Waals surface area contributed by atoms with E-state index in [0.29, 0.717) is 12.2 Å². The number of aryl methyl sites for hydroxylation is 1. The number of unbranched alkanes of at least 4 members (excludes halogenated alkanes) is 4. The Labute approximate surface area is 119 Å². The second-order valence-corrected chi connectivity index (χ2v) is 4.80. The molecule has 0 fully saturated rings. The first kappa shape index (κ1) is 16.2. The maximum Gasteiger partial charge on any atom is 0.303 e. The van der Waals surface area contributed by atoms with E-state index in [1.165, 1.54) is 0 Å². The van der Waals surface area contributed by atoms with Crippen LogP contribution in [0.3, 0.4) is 0 Å². The number of hydrogen-bond donors (Lipinski definition) is 3. The third kappa shape index (κ3) is 6.36. The van der Waals surface area contributed by atoms with E-state index in [9.17, 15) is 9.59 Å². The molecule has 1 heterocycles. The standard InChI is InChI=1S/C14H23N3O3/c1-2-11-10-12(17-16-11)14(20)15-9-7-5-3-4-6-8-13(18)19/h10H,2-9H2,1H3,(H,15,20)(H,16,17)(H,18,19). The number of H-pyrrole nitrogens is 1. The van der Waals surface area contributed by atoms with Gasteiger partial charge in [-0.2, -0.15) is 5.10 Å². The lowest BCUT2D eigenvalue weighted by atomic mass is 10.1. The van der Waals surface area contributed by atoms with Crippen molar-refractivity contribution in [3.63, 3.8) is 0 Å². The van der Waals surface area contributed by atoms with Gasteiger partial charge in [0.25, 0.3) is 5.91 Å². The third-order valence-electron chi connectivity index (χ3n) is 3.10. The Morgan fingerprint density at radius 3 is 2.60 bits per heavy atom. The molecule has 0 aliphatic rings.